The summed E-state index contributed by atoms with van der Waals surface area (Å²) in [6.45, 7) is 1.92. The van der Waals surface area contributed by atoms with E-state index in [1.54, 1.807) is 6.07 Å². The standard InChI is InChI=1S/C17H15ClN4OS/c1-11-7-8-13(9-14(11)18)21-16(23)15(12-5-3-2-4-6-12)24-17-19-10-20-22-17/h2-10,15H,1H3,(H,21,23)(H,19,20,22)/t15-/m0/s1. The lowest BCUT2D eigenvalue weighted by Crippen LogP contribution is -2.19. The monoisotopic (exact) mass is 358 g/mol. The maximum absolute atomic E-state index is 12.8. The molecule has 2 aromatic carbocycles. The molecule has 0 aliphatic rings. The minimum absolute atomic E-state index is 0.150. The lowest BCUT2D eigenvalue weighted by Gasteiger charge is -2.16. The first kappa shape index (κ1) is 16.5. The molecule has 1 aromatic heterocycles. The molecule has 5 nitrogen and oxygen atoms in total. The van der Waals surface area contributed by atoms with Crippen molar-refractivity contribution in [2.45, 2.75) is 17.3 Å². The number of benzene rings is 2. The zero-order valence-electron chi connectivity index (χ0n) is 12.9. The number of nitrogens with one attached hydrogen (secondary N) is 2. The van der Waals surface area contributed by atoms with Crippen molar-refractivity contribution in [3.8, 4) is 0 Å². The number of nitrogens with zero attached hydrogens (tertiary/aromatic N) is 2. The van der Waals surface area contributed by atoms with E-state index in [0.717, 1.165) is 11.1 Å². The van der Waals surface area contributed by atoms with Gasteiger partial charge in [0.2, 0.25) is 5.91 Å². The van der Waals surface area contributed by atoms with Gasteiger partial charge in [-0.1, -0.05) is 59.8 Å². The van der Waals surface area contributed by atoms with Crippen LogP contribution in [0.25, 0.3) is 0 Å². The van der Waals surface area contributed by atoms with E-state index in [-0.39, 0.29) is 5.91 Å². The van der Waals surface area contributed by atoms with Gasteiger partial charge in [0.15, 0.2) is 5.16 Å². The summed E-state index contributed by atoms with van der Waals surface area (Å²) >= 11 is 7.44. The number of halogens is 1. The summed E-state index contributed by atoms with van der Waals surface area (Å²) in [7, 11) is 0. The number of carbonyl (C=O) groups is 1. The predicted octanol–water partition coefficient (Wildman–Crippen LogP) is 4.24. The Balaban J connectivity index is 1.84. The Morgan fingerprint density at radius 1 is 1.25 bits per heavy atom. The Labute approximate surface area is 148 Å². The van der Waals surface area contributed by atoms with Gasteiger partial charge >= 0.3 is 0 Å². The summed E-state index contributed by atoms with van der Waals surface area (Å²) in [5.41, 5.74) is 2.51. The number of anilines is 1. The number of carbonyl (C=O) groups excluding carboxylic acids is 1. The summed E-state index contributed by atoms with van der Waals surface area (Å²) in [6.07, 6.45) is 1.42. The van der Waals surface area contributed by atoms with Crippen LogP contribution in [0.5, 0.6) is 0 Å². The predicted molar refractivity (Wildman–Crippen MR) is 96.2 cm³/mol. The quantitative estimate of drug-likeness (QED) is 0.669. The first-order valence-corrected chi connectivity index (χ1v) is 8.53. The zero-order chi connectivity index (χ0) is 16.9. The van der Waals surface area contributed by atoms with Gasteiger partial charge in [0.25, 0.3) is 0 Å². The number of aromatic amines is 1. The third kappa shape index (κ3) is 3.96. The van der Waals surface area contributed by atoms with Crippen molar-refractivity contribution in [2.24, 2.45) is 0 Å². The van der Waals surface area contributed by atoms with E-state index in [2.05, 4.69) is 20.5 Å². The lowest BCUT2D eigenvalue weighted by molar-refractivity contribution is -0.115. The summed E-state index contributed by atoms with van der Waals surface area (Å²) in [5.74, 6) is -0.150. The molecule has 0 aliphatic heterocycles. The average Bonchev–Trinajstić information content (AvgIpc) is 3.10. The molecule has 3 aromatic rings. The Bertz CT molecular complexity index is 824. The van der Waals surface area contributed by atoms with Gasteiger partial charge in [-0.3, -0.25) is 9.89 Å². The maximum Gasteiger partial charge on any atom is 0.242 e. The second-order valence-electron chi connectivity index (χ2n) is 5.15. The van der Waals surface area contributed by atoms with Gasteiger partial charge in [-0.05, 0) is 30.2 Å². The number of H-pyrrole nitrogens is 1. The first-order chi connectivity index (χ1) is 11.6. The number of aromatic nitrogens is 3. The second kappa shape index (κ2) is 7.51. The lowest BCUT2D eigenvalue weighted by atomic mass is 10.1. The second-order valence-corrected chi connectivity index (χ2v) is 6.65. The number of hydrogen-bond donors (Lipinski definition) is 2. The van der Waals surface area contributed by atoms with E-state index in [0.29, 0.717) is 15.9 Å². The van der Waals surface area contributed by atoms with Crippen molar-refractivity contribution in [1.82, 2.24) is 15.2 Å². The molecule has 0 spiro atoms. The Morgan fingerprint density at radius 2 is 2.04 bits per heavy atom. The van der Waals surface area contributed by atoms with Gasteiger partial charge in [0.05, 0.1) is 0 Å². The van der Waals surface area contributed by atoms with E-state index in [9.17, 15) is 4.79 Å². The zero-order valence-corrected chi connectivity index (χ0v) is 14.4. The molecule has 3 rings (SSSR count). The van der Waals surface area contributed by atoms with Crippen LogP contribution in [0.4, 0.5) is 5.69 Å². The number of amides is 1. The van der Waals surface area contributed by atoms with Crippen molar-refractivity contribution in [3.05, 3.63) is 71.0 Å². The maximum atomic E-state index is 12.8. The highest BCUT2D eigenvalue weighted by Crippen LogP contribution is 2.34. The minimum atomic E-state index is -0.459. The van der Waals surface area contributed by atoms with E-state index >= 15 is 0 Å². The van der Waals surface area contributed by atoms with Crippen LogP contribution >= 0.6 is 23.4 Å². The minimum Gasteiger partial charge on any atom is -0.325 e. The van der Waals surface area contributed by atoms with Crippen LogP contribution in [0.3, 0.4) is 0 Å². The highest BCUT2D eigenvalue weighted by atomic mass is 35.5. The van der Waals surface area contributed by atoms with Crippen molar-refractivity contribution in [3.63, 3.8) is 0 Å². The molecule has 1 atom stereocenters. The Kier molecular flexibility index (Phi) is 5.17. The van der Waals surface area contributed by atoms with Gasteiger partial charge in [-0.15, -0.1) is 0 Å². The molecule has 1 amide bonds. The van der Waals surface area contributed by atoms with Gasteiger partial charge in [-0.2, -0.15) is 5.10 Å². The molecule has 122 valence electrons. The van der Waals surface area contributed by atoms with Gasteiger partial charge < -0.3 is 5.32 Å². The summed E-state index contributed by atoms with van der Waals surface area (Å²) in [5, 5.41) is 10.3. The number of aryl methyl sites for hydroxylation is 1. The van der Waals surface area contributed by atoms with Gasteiger partial charge in [0.1, 0.15) is 11.6 Å². The van der Waals surface area contributed by atoms with Crippen molar-refractivity contribution >= 4 is 35.0 Å². The number of thioether (sulfide) groups is 1. The smallest absolute Gasteiger partial charge is 0.242 e. The fourth-order valence-corrected chi connectivity index (χ4v) is 3.22. The number of rotatable bonds is 5. The molecule has 2 N–H and O–H groups in total. The molecule has 0 unspecified atom stereocenters. The third-order valence-corrected chi connectivity index (χ3v) is 4.95. The van der Waals surface area contributed by atoms with Crippen LogP contribution in [0, 0.1) is 6.92 Å². The van der Waals surface area contributed by atoms with Crippen LogP contribution < -0.4 is 5.32 Å². The molecule has 0 bridgehead atoms. The molecule has 24 heavy (non-hydrogen) atoms. The molecular weight excluding hydrogens is 344 g/mol. The fourth-order valence-electron chi connectivity index (χ4n) is 2.14. The Hall–Kier alpha value is -2.31. The normalized spacial score (nSPS) is 11.9. The highest BCUT2D eigenvalue weighted by Gasteiger charge is 2.23. The van der Waals surface area contributed by atoms with Crippen molar-refractivity contribution < 1.29 is 4.79 Å². The van der Waals surface area contributed by atoms with Crippen LogP contribution in [0.1, 0.15) is 16.4 Å². The third-order valence-electron chi connectivity index (χ3n) is 3.40. The van der Waals surface area contributed by atoms with E-state index in [4.69, 9.17) is 11.6 Å². The first-order valence-electron chi connectivity index (χ1n) is 7.27. The van der Waals surface area contributed by atoms with Crippen molar-refractivity contribution in [1.29, 1.82) is 0 Å². The SMILES string of the molecule is Cc1ccc(NC(=O)[C@@H](Sc2ncn[nH]2)c2ccccc2)cc1Cl. The van der Waals surface area contributed by atoms with Crippen molar-refractivity contribution in [2.75, 3.05) is 5.32 Å². The average molecular weight is 359 g/mol. The highest BCUT2D eigenvalue weighted by molar-refractivity contribution is 8.00. The molecule has 1 heterocycles. The molecule has 0 aliphatic carbocycles. The molecule has 0 saturated heterocycles. The van der Waals surface area contributed by atoms with E-state index < -0.39 is 5.25 Å². The summed E-state index contributed by atoms with van der Waals surface area (Å²) < 4.78 is 0. The molecule has 7 heteroatoms. The van der Waals surface area contributed by atoms with Crippen LogP contribution in [-0.4, -0.2) is 21.1 Å². The van der Waals surface area contributed by atoms with E-state index in [1.165, 1.54) is 18.1 Å². The summed E-state index contributed by atoms with van der Waals surface area (Å²) in [6, 6.07) is 15.0. The molecular formula is C17H15ClN4OS. The molecule has 0 fully saturated rings. The van der Waals surface area contributed by atoms with Gasteiger partial charge in [0, 0.05) is 10.7 Å². The van der Waals surface area contributed by atoms with Crippen LogP contribution in [-0.2, 0) is 4.79 Å². The largest absolute Gasteiger partial charge is 0.325 e. The van der Waals surface area contributed by atoms with E-state index in [1.807, 2.05) is 49.4 Å². The fraction of sp³-hybridized carbons (Fsp3) is 0.118. The van der Waals surface area contributed by atoms with Crippen LogP contribution in [0.15, 0.2) is 60.0 Å². The Morgan fingerprint density at radius 3 is 2.71 bits per heavy atom. The molecule has 0 saturated carbocycles. The van der Waals surface area contributed by atoms with Crippen LogP contribution in [0.2, 0.25) is 5.02 Å². The topological polar surface area (TPSA) is 70.7 Å². The summed E-state index contributed by atoms with van der Waals surface area (Å²) in [4.78, 5) is 16.9. The molecule has 0 radical (unpaired) electrons. The van der Waals surface area contributed by atoms with Gasteiger partial charge in [-0.25, -0.2) is 4.98 Å². The number of hydrogen-bond acceptors (Lipinski definition) is 4.